The molecule has 2 rings (SSSR count). The van der Waals surface area contributed by atoms with Crippen LogP contribution in [0.2, 0.25) is 0 Å². The average Bonchev–Trinajstić information content (AvgIpc) is 2.38. The highest BCUT2D eigenvalue weighted by Crippen LogP contribution is 2.20. The number of aliphatic hydroxyl groups excluding tert-OH is 1. The third kappa shape index (κ3) is 2.84. The summed E-state index contributed by atoms with van der Waals surface area (Å²) in [5.74, 6) is 0.668. The van der Waals surface area contributed by atoms with E-state index in [2.05, 4.69) is 9.97 Å². The van der Waals surface area contributed by atoms with Crippen LogP contribution in [0.5, 0.6) is 0 Å². The summed E-state index contributed by atoms with van der Waals surface area (Å²) in [7, 11) is 0. The summed E-state index contributed by atoms with van der Waals surface area (Å²) in [4.78, 5) is 9.90. The average molecular weight is 246 g/mol. The van der Waals surface area contributed by atoms with Gasteiger partial charge in [0.25, 0.3) is 0 Å². The van der Waals surface area contributed by atoms with Crippen LogP contribution in [0.3, 0.4) is 0 Å². The summed E-state index contributed by atoms with van der Waals surface area (Å²) in [6, 6.07) is 9.89. The molecule has 3 nitrogen and oxygen atoms in total. The summed E-state index contributed by atoms with van der Waals surface area (Å²) in [6.07, 6.45) is 2.04. The molecule has 0 fully saturated rings. The molecule has 2 aromatic rings. The highest BCUT2D eigenvalue weighted by molar-refractivity contribution is 7.98. The first kappa shape index (κ1) is 12.1. The molecule has 0 saturated carbocycles. The Hall–Kier alpha value is -1.39. The second kappa shape index (κ2) is 5.29. The van der Waals surface area contributed by atoms with Gasteiger partial charge in [-0.2, -0.15) is 0 Å². The van der Waals surface area contributed by atoms with Gasteiger partial charge in [-0.25, -0.2) is 9.97 Å². The molecule has 0 spiro atoms. The second-order valence-corrected chi connectivity index (χ2v) is 4.59. The van der Waals surface area contributed by atoms with E-state index >= 15 is 0 Å². The van der Waals surface area contributed by atoms with E-state index in [0.29, 0.717) is 11.5 Å². The maximum atomic E-state index is 9.12. The Bertz CT molecular complexity index is 511. The van der Waals surface area contributed by atoms with Crippen LogP contribution in [-0.2, 0) is 6.61 Å². The van der Waals surface area contributed by atoms with Crippen LogP contribution < -0.4 is 0 Å². The number of thioether (sulfide) groups is 1. The van der Waals surface area contributed by atoms with Crippen molar-refractivity contribution >= 4 is 11.8 Å². The Morgan fingerprint density at radius 1 is 1.18 bits per heavy atom. The third-order valence-corrected chi connectivity index (χ3v) is 3.16. The molecule has 0 bridgehead atoms. The molecular formula is C13H14N2OS. The number of hydrogen-bond acceptors (Lipinski definition) is 4. The fraction of sp³-hybridized carbons (Fsp3) is 0.231. The van der Waals surface area contributed by atoms with Crippen molar-refractivity contribution in [3.8, 4) is 11.4 Å². The van der Waals surface area contributed by atoms with Gasteiger partial charge in [0.05, 0.1) is 12.3 Å². The van der Waals surface area contributed by atoms with Gasteiger partial charge in [0, 0.05) is 16.2 Å². The molecule has 88 valence electrons. The molecule has 1 N–H and O–H groups in total. The highest BCUT2D eigenvalue weighted by atomic mass is 32.2. The zero-order chi connectivity index (χ0) is 12.3. The van der Waals surface area contributed by atoms with Crippen molar-refractivity contribution in [2.75, 3.05) is 6.26 Å². The van der Waals surface area contributed by atoms with E-state index in [9.17, 15) is 0 Å². The minimum atomic E-state index is -0.0563. The van der Waals surface area contributed by atoms with Crippen LogP contribution >= 0.6 is 11.8 Å². The van der Waals surface area contributed by atoms with Gasteiger partial charge in [0.1, 0.15) is 0 Å². The summed E-state index contributed by atoms with van der Waals surface area (Å²) < 4.78 is 0. The number of benzene rings is 1. The molecule has 0 saturated heterocycles. The van der Waals surface area contributed by atoms with Gasteiger partial charge in [0.2, 0.25) is 0 Å². The lowest BCUT2D eigenvalue weighted by Crippen LogP contribution is -1.97. The maximum absolute atomic E-state index is 9.12. The predicted molar refractivity (Wildman–Crippen MR) is 69.9 cm³/mol. The van der Waals surface area contributed by atoms with Crippen molar-refractivity contribution < 1.29 is 5.11 Å². The topological polar surface area (TPSA) is 46.0 Å². The summed E-state index contributed by atoms with van der Waals surface area (Å²) >= 11 is 1.70. The summed E-state index contributed by atoms with van der Waals surface area (Å²) in [5.41, 5.74) is 2.50. The molecule has 0 radical (unpaired) electrons. The second-order valence-electron chi connectivity index (χ2n) is 3.71. The number of aliphatic hydroxyl groups is 1. The van der Waals surface area contributed by atoms with Gasteiger partial charge >= 0.3 is 0 Å². The van der Waals surface area contributed by atoms with E-state index in [-0.39, 0.29) is 6.61 Å². The Morgan fingerprint density at radius 2 is 1.88 bits per heavy atom. The predicted octanol–water partition coefficient (Wildman–Crippen LogP) is 2.67. The zero-order valence-electron chi connectivity index (χ0n) is 9.84. The van der Waals surface area contributed by atoms with E-state index < -0.39 is 0 Å². The number of aromatic nitrogens is 2. The Kier molecular flexibility index (Phi) is 3.76. The SMILES string of the molecule is CSc1ccc(-c2nc(C)cc(CO)n2)cc1. The van der Waals surface area contributed by atoms with Gasteiger partial charge in [-0.3, -0.25) is 0 Å². The summed E-state index contributed by atoms with van der Waals surface area (Å²) in [6.45, 7) is 1.85. The van der Waals surface area contributed by atoms with Crippen LogP contribution in [0.15, 0.2) is 35.2 Å². The molecule has 17 heavy (non-hydrogen) atoms. The Labute approximate surface area is 105 Å². The van der Waals surface area contributed by atoms with Gasteiger partial charge in [-0.1, -0.05) is 12.1 Å². The van der Waals surface area contributed by atoms with Crippen molar-refractivity contribution in [3.63, 3.8) is 0 Å². The molecule has 0 unspecified atom stereocenters. The molecule has 0 amide bonds. The lowest BCUT2D eigenvalue weighted by molar-refractivity contribution is 0.276. The molecule has 4 heteroatoms. The largest absolute Gasteiger partial charge is 0.390 e. The third-order valence-electron chi connectivity index (χ3n) is 2.42. The lowest BCUT2D eigenvalue weighted by atomic mass is 10.2. The van der Waals surface area contributed by atoms with Crippen molar-refractivity contribution in [1.29, 1.82) is 0 Å². The van der Waals surface area contributed by atoms with E-state index in [1.54, 1.807) is 17.8 Å². The molecular weight excluding hydrogens is 232 g/mol. The van der Waals surface area contributed by atoms with Crippen LogP contribution in [-0.4, -0.2) is 21.3 Å². The van der Waals surface area contributed by atoms with E-state index in [1.807, 2.05) is 37.4 Å². The van der Waals surface area contributed by atoms with Crippen molar-refractivity contribution in [2.45, 2.75) is 18.4 Å². The first-order chi connectivity index (χ1) is 8.22. The monoisotopic (exact) mass is 246 g/mol. The zero-order valence-corrected chi connectivity index (χ0v) is 10.7. The van der Waals surface area contributed by atoms with Crippen LogP contribution in [0.4, 0.5) is 0 Å². The van der Waals surface area contributed by atoms with E-state index in [1.165, 1.54) is 4.90 Å². The number of nitrogens with zero attached hydrogens (tertiary/aromatic N) is 2. The van der Waals surface area contributed by atoms with Crippen molar-refractivity contribution in [1.82, 2.24) is 9.97 Å². The fourth-order valence-electron chi connectivity index (χ4n) is 1.58. The van der Waals surface area contributed by atoms with Crippen LogP contribution in [0, 0.1) is 6.92 Å². The lowest BCUT2D eigenvalue weighted by Gasteiger charge is -2.05. The first-order valence-electron chi connectivity index (χ1n) is 5.33. The molecule has 0 atom stereocenters. The van der Waals surface area contributed by atoms with Crippen LogP contribution in [0.1, 0.15) is 11.4 Å². The van der Waals surface area contributed by atoms with Crippen molar-refractivity contribution in [2.24, 2.45) is 0 Å². The smallest absolute Gasteiger partial charge is 0.159 e. The van der Waals surface area contributed by atoms with Gasteiger partial charge in [-0.15, -0.1) is 11.8 Å². The normalized spacial score (nSPS) is 10.5. The van der Waals surface area contributed by atoms with Crippen molar-refractivity contribution in [3.05, 3.63) is 41.7 Å². The molecule has 0 aliphatic rings. The molecule has 1 aromatic carbocycles. The number of rotatable bonds is 3. The standard InChI is InChI=1S/C13H14N2OS/c1-9-7-11(8-16)15-13(14-9)10-3-5-12(17-2)6-4-10/h3-7,16H,8H2,1-2H3. The molecule has 0 aliphatic carbocycles. The quantitative estimate of drug-likeness (QED) is 0.846. The maximum Gasteiger partial charge on any atom is 0.159 e. The van der Waals surface area contributed by atoms with E-state index in [0.717, 1.165) is 11.3 Å². The Balaban J connectivity index is 2.41. The van der Waals surface area contributed by atoms with Gasteiger partial charge in [0.15, 0.2) is 5.82 Å². The molecule has 1 aromatic heterocycles. The number of hydrogen-bond donors (Lipinski definition) is 1. The summed E-state index contributed by atoms with van der Waals surface area (Å²) in [5, 5.41) is 9.12. The minimum Gasteiger partial charge on any atom is -0.390 e. The molecule has 0 aliphatic heterocycles. The minimum absolute atomic E-state index is 0.0563. The number of aryl methyl sites for hydroxylation is 1. The van der Waals surface area contributed by atoms with Gasteiger partial charge in [-0.05, 0) is 31.4 Å². The van der Waals surface area contributed by atoms with Gasteiger partial charge < -0.3 is 5.11 Å². The van der Waals surface area contributed by atoms with Crippen LogP contribution in [0.25, 0.3) is 11.4 Å². The molecule has 1 heterocycles. The Morgan fingerprint density at radius 3 is 2.47 bits per heavy atom. The fourth-order valence-corrected chi connectivity index (χ4v) is 1.99. The van der Waals surface area contributed by atoms with E-state index in [4.69, 9.17) is 5.11 Å². The highest BCUT2D eigenvalue weighted by Gasteiger charge is 2.04. The first-order valence-corrected chi connectivity index (χ1v) is 6.55.